The number of rotatable bonds is 2. The van der Waals surface area contributed by atoms with Gasteiger partial charge < -0.3 is 10.4 Å². The van der Waals surface area contributed by atoms with Gasteiger partial charge in [-0.2, -0.15) is 0 Å². The van der Waals surface area contributed by atoms with E-state index in [1.807, 2.05) is 0 Å². The number of carboxylic acids is 1. The molecule has 2 rings (SSSR count). The highest BCUT2D eigenvalue weighted by molar-refractivity contribution is 5.72. The van der Waals surface area contributed by atoms with Crippen molar-refractivity contribution in [2.24, 2.45) is 17.3 Å². The van der Waals surface area contributed by atoms with Crippen LogP contribution in [-0.2, 0) is 4.79 Å². The van der Waals surface area contributed by atoms with Crippen molar-refractivity contribution in [2.75, 3.05) is 13.1 Å². The van der Waals surface area contributed by atoms with Crippen LogP contribution in [0, 0.1) is 17.3 Å². The fourth-order valence-electron chi connectivity index (χ4n) is 3.75. The van der Waals surface area contributed by atoms with Crippen LogP contribution in [0.15, 0.2) is 0 Å². The highest BCUT2D eigenvalue weighted by Crippen LogP contribution is 2.50. The van der Waals surface area contributed by atoms with Gasteiger partial charge >= 0.3 is 5.97 Å². The van der Waals surface area contributed by atoms with Crippen LogP contribution in [0.3, 0.4) is 0 Å². The van der Waals surface area contributed by atoms with Crippen molar-refractivity contribution >= 4 is 5.97 Å². The average molecular weight is 211 g/mol. The van der Waals surface area contributed by atoms with Gasteiger partial charge in [0.15, 0.2) is 0 Å². The smallest absolute Gasteiger partial charge is 0.308 e. The number of hydrogen-bond acceptors (Lipinski definition) is 2. The molecule has 3 nitrogen and oxygen atoms in total. The van der Waals surface area contributed by atoms with Crippen LogP contribution >= 0.6 is 0 Å². The average Bonchev–Trinajstić information content (AvgIpc) is 2.63. The number of carboxylic acid groups (broad SMARTS) is 1. The van der Waals surface area contributed by atoms with Crippen molar-refractivity contribution in [3.8, 4) is 0 Å². The van der Waals surface area contributed by atoms with Crippen LogP contribution in [0.1, 0.15) is 39.0 Å². The number of nitrogens with one attached hydrogen (secondary N) is 1. The van der Waals surface area contributed by atoms with Gasteiger partial charge in [0.25, 0.3) is 0 Å². The first kappa shape index (κ1) is 10.9. The highest BCUT2D eigenvalue weighted by atomic mass is 16.4. The van der Waals surface area contributed by atoms with Gasteiger partial charge in [-0.05, 0) is 18.8 Å². The zero-order chi connectivity index (χ0) is 10.9. The Morgan fingerprint density at radius 3 is 3.00 bits per heavy atom. The molecule has 3 unspecified atom stereocenters. The van der Waals surface area contributed by atoms with Gasteiger partial charge in [-0.25, -0.2) is 0 Å². The van der Waals surface area contributed by atoms with Crippen molar-refractivity contribution < 1.29 is 9.90 Å². The first-order valence-electron chi connectivity index (χ1n) is 6.14. The van der Waals surface area contributed by atoms with Gasteiger partial charge in [-0.1, -0.05) is 26.2 Å². The summed E-state index contributed by atoms with van der Waals surface area (Å²) in [6.07, 6.45) is 5.96. The van der Waals surface area contributed by atoms with Gasteiger partial charge in [0, 0.05) is 18.5 Å². The summed E-state index contributed by atoms with van der Waals surface area (Å²) in [5.74, 6) is -0.134. The molecule has 0 aromatic heterocycles. The summed E-state index contributed by atoms with van der Waals surface area (Å²) in [4.78, 5) is 11.3. The quantitative estimate of drug-likeness (QED) is 0.733. The first-order valence-corrected chi connectivity index (χ1v) is 6.14. The maximum absolute atomic E-state index is 11.3. The van der Waals surface area contributed by atoms with Crippen LogP contribution in [0.4, 0.5) is 0 Å². The monoisotopic (exact) mass is 211 g/mol. The van der Waals surface area contributed by atoms with E-state index in [0.717, 1.165) is 19.4 Å². The lowest BCUT2D eigenvalue weighted by Gasteiger charge is -2.43. The van der Waals surface area contributed by atoms with Gasteiger partial charge in [0.05, 0.1) is 5.92 Å². The van der Waals surface area contributed by atoms with Crippen molar-refractivity contribution in [1.29, 1.82) is 0 Å². The van der Waals surface area contributed by atoms with Gasteiger partial charge in [-0.3, -0.25) is 4.79 Å². The Hall–Kier alpha value is -0.570. The molecule has 0 amide bonds. The number of carbonyl (C=O) groups is 1. The molecule has 1 saturated carbocycles. The normalized spacial score (nSPS) is 40.9. The zero-order valence-electron chi connectivity index (χ0n) is 9.46. The Balaban J connectivity index is 2.24. The van der Waals surface area contributed by atoms with Crippen molar-refractivity contribution in [1.82, 2.24) is 5.32 Å². The topological polar surface area (TPSA) is 49.3 Å². The maximum Gasteiger partial charge on any atom is 0.308 e. The summed E-state index contributed by atoms with van der Waals surface area (Å²) in [6.45, 7) is 3.79. The van der Waals surface area contributed by atoms with E-state index in [0.29, 0.717) is 12.5 Å². The van der Waals surface area contributed by atoms with Crippen LogP contribution in [-0.4, -0.2) is 24.2 Å². The molecule has 1 heterocycles. The maximum atomic E-state index is 11.3. The molecule has 3 heteroatoms. The van der Waals surface area contributed by atoms with Crippen molar-refractivity contribution in [3.05, 3.63) is 0 Å². The van der Waals surface area contributed by atoms with Gasteiger partial charge in [0.2, 0.25) is 0 Å². The Morgan fingerprint density at radius 2 is 2.33 bits per heavy atom. The van der Waals surface area contributed by atoms with E-state index in [4.69, 9.17) is 0 Å². The largest absolute Gasteiger partial charge is 0.481 e. The van der Waals surface area contributed by atoms with E-state index in [2.05, 4.69) is 12.2 Å². The minimum absolute atomic E-state index is 0.0683. The predicted octanol–water partition coefficient (Wildman–Crippen LogP) is 1.88. The molecule has 1 aliphatic heterocycles. The summed E-state index contributed by atoms with van der Waals surface area (Å²) in [6, 6.07) is 0. The minimum Gasteiger partial charge on any atom is -0.481 e. The van der Waals surface area contributed by atoms with Crippen LogP contribution in [0.5, 0.6) is 0 Å². The molecule has 1 aliphatic carbocycles. The van der Waals surface area contributed by atoms with E-state index >= 15 is 0 Å². The molecule has 2 aliphatic rings. The third-order valence-electron chi connectivity index (χ3n) is 4.55. The number of aliphatic carboxylic acids is 1. The van der Waals surface area contributed by atoms with E-state index < -0.39 is 5.97 Å². The lowest BCUT2D eigenvalue weighted by Crippen LogP contribution is -2.43. The van der Waals surface area contributed by atoms with E-state index in [1.165, 1.54) is 19.3 Å². The van der Waals surface area contributed by atoms with Crippen LogP contribution < -0.4 is 5.32 Å². The molecule has 2 fully saturated rings. The summed E-state index contributed by atoms with van der Waals surface area (Å²) in [5.41, 5.74) is 0.0683. The summed E-state index contributed by atoms with van der Waals surface area (Å²) in [7, 11) is 0. The molecule has 0 aromatic carbocycles. The molecule has 1 spiro atoms. The highest BCUT2D eigenvalue weighted by Gasteiger charge is 2.51. The lowest BCUT2D eigenvalue weighted by atomic mass is 9.60. The van der Waals surface area contributed by atoms with Crippen LogP contribution in [0.2, 0.25) is 0 Å². The van der Waals surface area contributed by atoms with Crippen LogP contribution in [0.25, 0.3) is 0 Å². The molecule has 0 radical (unpaired) electrons. The minimum atomic E-state index is -0.597. The fourth-order valence-corrected chi connectivity index (χ4v) is 3.75. The lowest BCUT2D eigenvalue weighted by molar-refractivity contribution is -0.147. The second kappa shape index (κ2) is 4.12. The second-order valence-corrected chi connectivity index (χ2v) is 5.11. The van der Waals surface area contributed by atoms with E-state index in [9.17, 15) is 9.90 Å². The predicted molar refractivity (Wildman–Crippen MR) is 58.7 cm³/mol. The second-order valence-electron chi connectivity index (χ2n) is 5.11. The third-order valence-corrected chi connectivity index (χ3v) is 4.55. The first-order chi connectivity index (χ1) is 7.20. The van der Waals surface area contributed by atoms with Crippen molar-refractivity contribution in [2.45, 2.75) is 39.0 Å². The number of hydrogen-bond donors (Lipinski definition) is 2. The zero-order valence-corrected chi connectivity index (χ0v) is 9.46. The molecule has 0 bridgehead atoms. The standard InChI is InChI=1S/C12H21NO2/c1-2-9-5-3-4-6-12(9)8-13-7-10(12)11(14)15/h9-10,13H,2-8H2,1H3,(H,14,15). The molecule has 2 N–H and O–H groups in total. The Kier molecular flexibility index (Phi) is 3.01. The summed E-state index contributed by atoms with van der Waals surface area (Å²) < 4.78 is 0. The van der Waals surface area contributed by atoms with Gasteiger partial charge in [-0.15, -0.1) is 0 Å². The Bertz CT molecular complexity index is 254. The molecular formula is C12H21NO2. The summed E-state index contributed by atoms with van der Waals surface area (Å²) >= 11 is 0. The van der Waals surface area contributed by atoms with Gasteiger partial charge in [0.1, 0.15) is 0 Å². The molecule has 15 heavy (non-hydrogen) atoms. The molecule has 3 atom stereocenters. The fraction of sp³-hybridized carbons (Fsp3) is 0.917. The SMILES string of the molecule is CCC1CCCCC12CNCC2C(=O)O. The summed E-state index contributed by atoms with van der Waals surface area (Å²) in [5, 5.41) is 12.6. The van der Waals surface area contributed by atoms with Crippen molar-refractivity contribution in [3.63, 3.8) is 0 Å². The molecule has 0 aromatic rings. The Labute approximate surface area is 91.2 Å². The molecular weight excluding hydrogens is 190 g/mol. The third kappa shape index (κ3) is 1.67. The Morgan fingerprint density at radius 1 is 1.53 bits per heavy atom. The molecule has 86 valence electrons. The molecule has 1 saturated heterocycles. The van der Waals surface area contributed by atoms with E-state index in [1.54, 1.807) is 0 Å². The van der Waals surface area contributed by atoms with E-state index in [-0.39, 0.29) is 11.3 Å².